The van der Waals surface area contributed by atoms with Crippen LogP contribution in [0.3, 0.4) is 0 Å². The van der Waals surface area contributed by atoms with Gasteiger partial charge in [0.05, 0.1) is 6.61 Å². The number of hydrogen-bond donors (Lipinski definition) is 2. The van der Waals surface area contributed by atoms with Crippen molar-refractivity contribution in [3.8, 4) is 5.75 Å². The molecule has 0 atom stereocenters. The smallest absolute Gasteiger partial charge is 0.226 e. The van der Waals surface area contributed by atoms with E-state index in [1.807, 2.05) is 6.92 Å². The van der Waals surface area contributed by atoms with Gasteiger partial charge in [0, 0.05) is 24.9 Å². The summed E-state index contributed by atoms with van der Waals surface area (Å²) in [7, 11) is 0. The molecule has 7 nitrogen and oxygen atoms in total. The van der Waals surface area contributed by atoms with Crippen molar-refractivity contribution in [2.75, 3.05) is 17.2 Å². The average Bonchev–Trinajstić information content (AvgIpc) is 3.01. The first-order valence-corrected chi connectivity index (χ1v) is 9.43. The molecule has 8 heteroatoms. The summed E-state index contributed by atoms with van der Waals surface area (Å²) in [5.41, 5.74) is 0.668. The predicted octanol–water partition coefficient (Wildman–Crippen LogP) is 3.49. The highest BCUT2D eigenvalue weighted by molar-refractivity contribution is 7.15. The lowest BCUT2D eigenvalue weighted by atomic mass is 10.1. The van der Waals surface area contributed by atoms with Crippen LogP contribution in [0.1, 0.15) is 38.6 Å². The van der Waals surface area contributed by atoms with Gasteiger partial charge in [0.15, 0.2) is 0 Å². The Morgan fingerprint density at radius 3 is 2.35 bits per heavy atom. The Bertz CT molecular complexity index is 728. The molecule has 0 spiro atoms. The Morgan fingerprint density at radius 2 is 1.73 bits per heavy atom. The number of nitrogens with zero attached hydrogens (tertiary/aromatic N) is 2. The van der Waals surface area contributed by atoms with Gasteiger partial charge < -0.3 is 15.4 Å². The highest BCUT2D eigenvalue weighted by Crippen LogP contribution is 2.19. The van der Waals surface area contributed by atoms with E-state index in [0.29, 0.717) is 23.3 Å². The second-order valence-electron chi connectivity index (χ2n) is 6.15. The number of carbonyl (C=O) groups is 2. The SMILES string of the molecule is CCOc1ccc(NC(=O)CCC(=O)Nc2nnc(CC(C)C)s2)cc1. The fraction of sp³-hybridized carbons (Fsp3) is 0.444. The second kappa shape index (κ2) is 9.86. The third-order valence-electron chi connectivity index (χ3n) is 3.32. The molecule has 26 heavy (non-hydrogen) atoms. The lowest BCUT2D eigenvalue weighted by molar-refractivity contribution is -0.121. The van der Waals surface area contributed by atoms with E-state index in [4.69, 9.17) is 4.74 Å². The van der Waals surface area contributed by atoms with Crippen LogP contribution in [0, 0.1) is 5.92 Å². The molecule has 2 N–H and O–H groups in total. The maximum absolute atomic E-state index is 12.0. The molecule has 0 saturated heterocycles. The third kappa shape index (κ3) is 6.79. The van der Waals surface area contributed by atoms with Crippen LogP contribution in [-0.2, 0) is 16.0 Å². The number of hydrogen-bond acceptors (Lipinski definition) is 6. The van der Waals surface area contributed by atoms with Gasteiger partial charge in [-0.2, -0.15) is 0 Å². The zero-order valence-electron chi connectivity index (χ0n) is 15.2. The molecule has 2 rings (SSSR count). The minimum Gasteiger partial charge on any atom is -0.494 e. The van der Waals surface area contributed by atoms with Gasteiger partial charge in [-0.1, -0.05) is 25.2 Å². The van der Waals surface area contributed by atoms with Crippen LogP contribution < -0.4 is 15.4 Å². The van der Waals surface area contributed by atoms with Crippen molar-refractivity contribution in [1.82, 2.24) is 10.2 Å². The van der Waals surface area contributed by atoms with Gasteiger partial charge in [-0.25, -0.2) is 0 Å². The Kier molecular flexibility index (Phi) is 7.53. The molecule has 0 saturated carbocycles. The Morgan fingerprint density at radius 1 is 1.08 bits per heavy atom. The first-order valence-electron chi connectivity index (χ1n) is 8.61. The molecular weight excluding hydrogens is 352 g/mol. The number of amides is 2. The molecule has 0 aliphatic carbocycles. The van der Waals surface area contributed by atoms with Crippen molar-refractivity contribution in [1.29, 1.82) is 0 Å². The van der Waals surface area contributed by atoms with Crippen LogP contribution >= 0.6 is 11.3 Å². The number of carbonyl (C=O) groups excluding carboxylic acids is 2. The quantitative estimate of drug-likeness (QED) is 0.699. The summed E-state index contributed by atoms with van der Waals surface area (Å²) >= 11 is 1.37. The van der Waals surface area contributed by atoms with E-state index in [9.17, 15) is 9.59 Å². The van der Waals surface area contributed by atoms with Crippen molar-refractivity contribution in [2.45, 2.75) is 40.0 Å². The van der Waals surface area contributed by atoms with Crippen LogP contribution in [0.4, 0.5) is 10.8 Å². The van der Waals surface area contributed by atoms with Crippen LogP contribution in [0.2, 0.25) is 0 Å². The monoisotopic (exact) mass is 376 g/mol. The minimum atomic E-state index is -0.251. The van der Waals surface area contributed by atoms with Crippen molar-refractivity contribution in [3.63, 3.8) is 0 Å². The highest BCUT2D eigenvalue weighted by Gasteiger charge is 2.11. The molecule has 2 aromatic rings. The number of ether oxygens (including phenoxy) is 1. The summed E-state index contributed by atoms with van der Waals surface area (Å²) in [6.07, 6.45) is 1.01. The van der Waals surface area contributed by atoms with Crippen LogP contribution in [0.25, 0.3) is 0 Å². The third-order valence-corrected chi connectivity index (χ3v) is 4.19. The van der Waals surface area contributed by atoms with Gasteiger partial charge in [-0.05, 0) is 37.1 Å². The van der Waals surface area contributed by atoms with Crippen molar-refractivity contribution in [3.05, 3.63) is 29.3 Å². The molecule has 0 bridgehead atoms. The lowest BCUT2D eigenvalue weighted by Crippen LogP contribution is -2.17. The summed E-state index contributed by atoms with van der Waals surface area (Å²) in [5, 5.41) is 14.8. The molecule has 0 aliphatic heterocycles. The molecule has 0 unspecified atom stereocenters. The maximum Gasteiger partial charge on any atom is 0.226 e. The molecule has 1 aromatic heterocycles. The van der Waals surface area contributed by atoms with E-state index in [1.54, 1.807) is 24.3 Å². The Hall–Kier alpha value is -2.48. The fourth-order valence-electron chi connectivity index (χ4n) is 2.17. The van der Waals surface area contributed by atoms with E-state index in [-0.39, 0.29) is 24.7 Å². The summed E-state index contributed by atoms with van der Waals surface area (Å²) in [5.74, 6) is 0.762. The van der Waals surface area contributed by atoms with Gasteiger partial charge >= 0.3 is 0 Å². The zero-order valence-corrected chi connectivity index (χ0v) is 16.1. The van der Waals surface area contributed by atoms with Crippen molar-refractivity contribution in [2.24, 2.45) is 5.92 Å². The number of nitrogens with one attached hydrogen (secondary N) is 2. The number of anilines is 2. The van der Waals surface area contributed by atoms with E-state index in [2.05, 4.69) is 34.7 Å². The van der Waals surface area contributed by atoms with Crippen LogP contribution in [0.15, 0.2) is 24.3 Å². The Balaban J connectivity index is 1.74. The molecule has 0 aliphatic rings. The molecule has 0 fully saturated rings. The standard InChI is InChI=1S/C18H24N4O3S/c1-4-25-14-7-5-13(6-8-14)19-15(23)9-10-16(24)20-18-22-21-17(26-18)11-12(2)3/h5-8,12H,4,9-11H2,1-3H3,(H,19,23)(H,20,22,24). The summed E-state index contributed by atoms with van der Waals surface area (Å²) in [4.78, 5) is 23.9. The van der Waals surface area contributed by atoms with Gasteiger partial charge in [-0.15, -0.1) is 10.2 Å². The van der Waals surface area contributed by atoms with Crippen LogP contribution in [-0.4, -0.2) is 28.6 Å². The average molecular weight is 376 g/mol. The normalized spacial score (nSPS) is 10.6. The van der Waals surface area contributed by atoms with E-state index < -0.39 is 0 Å². The molecule has 1 aromatic carbocycles. The lowest BCUT2D eigenvalue weighted by Gasteiger charge is -2.07. The highest BCUT2D eigenvalue weighted by atomic mass is 32.1. The summed E-state index contributed by atoms with van der Waals surface area (Å²) in [6, 6.07) is 7.10. The minimum absolute atomic E-state index is 0.0853. The van der Waals surface area contributed by atoms with Crippen molar-refractivity contribution >= 4 is 34.0 Å². The van der Waals surface area contributed by atoms with Crippen LogP contribution in [0.5, 0.6) is 5.75 Å². The second-order valence-corrected chi connectivity index (χ2v) is 7.21. The molecule has 1 heterocycles. The van der Waals surface area contributed by atoms with E-state index in [0.717, 1.165) is 17.2 Å². The molecule has 0 radical (unpaired) electrons. The van der Waals surface area contributed by atoms with Gasteiger partial charge in [0.1, 0.15) is 10.8 Å². The number of aromatic nitrogens is 2. The first-order chi connectivity index (χ1) is 12.5. The van der Waals surface area contributed by atoms with Gasteiger partial charge in [-0.3, -0.25) is 9.59 Å². The zero-order chi connectivity index (χ0) is 18.9. The number of benzene rings is 1. The predicted molar refractivity (Wildman–Crippen MR) is 103 cm³/mol. The maximum atomic E-state index is 12.0. The number of rotatable bonds is 9. The van der Waals surface area contributed by atoms with E-state index >= 15 is 0 Å². The molecule has 140 valence electrons. The van der Waals surface area contributed by atoms with Crippen molar-refractivity contribution < 1.29 is 14.3 Å². The summed E-state index contributed by atoms with van der Waals surface area (Å²) in [6.45, 7) is 6.70. The topological polar surface area (TPSA) is 93.2 Å². The first kappa shape index (κ1) is 19.8. The van der Waals surface area contributed by atoms with Gasteiger partial charge in [0.25, 0.3) is 0 Å². The van der Waals surface area contributed by atoms with E-state index in [1.165, 1.54) is 11.3 Å². The summed E-state index contributed by atoms with van der Waals surface area (Å²) < 4.78 is 5.35. The fourth-order valence-corrected chi connectivity index (χ4v) is 3.14. The van der Waals surface area contributed by atoms with Gasteiger partial charge in [0.2, 0.25) is 16.9 Å². The molecule has 2 amide bonds. The molecular formula is C18H24N4O3S. The largest absolute Gasteiger partial charge is 0.494 e. The Labute approximate surface area is 157 Å².